The number of nitrogens with zero attached hydrogens (tertiary/aromatic N) is 2. The molecule has 162 valence electrons. The predicted molar refractivity (Wildman–Crippen MR) is 124 cm³/mol. The Morgan fingerprint density at radius 2 is 1.57 bits per heavy atom. The lowest BCUT2D eigenvalue weighted by Gasteiger charge is -2.19. The number of hydrazine groups is 2. The van der Waals surface area contributed by atoms with Gasteiger partial charge >= 0.3 is 0 Å². The van der Waals surface area contributed by atoms with E-state index in [4.69, 9.17) is 0 Å². The van der Waals surface area contributed by atoms with Gasteiger partial charge in [0.2, 0.25) is 0 Å². The van der Waals surface area contributed by atoms with Gasteiger partial charge in [0.15, 0.2) is 15.7 Å². The van der Waals surface area contributed by atoms with E-state index in [9.17, 15) is 8.42 Å². The maximum absolute atomic E-state index is 11.8. The van der Waals surface area contributed by atoms with Crippen LogP contribution in [0.5, 0.6) is 0 Å². The third kappa shape index (κ3) is 6.06. The number of nitrogens with one attached hydrogen (secondary N) is 2. The van der Waals surface area contributed by atoms with Crippen LogP contribution in [0.2, 0.25) is 0 Å². The van der Waals surface area contributed by atoms with Gasteiger partial charge in [0, 0.05) is 5.56 Å². The van der Waals surface area contributed by atoms with E-state index in [1.165, 1.54) is 5.56 Å². The van der Waals surface area contributed by atoms with Gasteiger partial charge in [-0.05, 0) is 50.8 Å². The maximum Gasteiger partial charge on any atom is 0.177 e. The largest absolute Gasteiger partial charge is 0.238 e. The smallest absolute Gasteiger partial charge is 0.177 e. The second kappa shape index (κ2) is 10.6. The minimum absolute atomic E-state index is 0.262. The zero-order valence-electron chi connectivity index (χ0n) is 17.8. The van der Waals surface area contributed by atoms with Crippen molar-refractivity contribution < 1.29 is 8.42 Å². The maximum atomic E-state index is 11.8. The van der Waals surface area contributed by atoms with E-state index in [1.54, 1.807) is 13.8 Å². The molecule has 0 amide bonds. The summed E-state index contributed by atoms with van der Waals surface area (Å²) in [5.41, 5.74) is 9.27. The molecule has 30 heavy (non-hydrogen) atoms. The molecule has 0 saturated carbocycles. The average Bonchev–Trinajstić information content (AvgIpc) is 3.24. The Bertz CT molecular complexity index is 925. The molecule has 3 rings (SSSR count). The van der Waals surface area contributed by atoms with Crippen LogP contribution in [0.4, 0.5) is 5.69 Å². The van der Waals surface area contributed by atoms with Gasteiger partial charge in [0.05, 0.1) is 16.7 Å². The van der Waals surface area contributed by atoms with Crippen molar-refractivity contribution in [2.24, 2.45) is 5.10 Å². The Morgan fingerprint density at radius 3 is 2.27 bits per heavy atom. The van der Waals surface area contributed by atoms with Crippen LogP contribution < -0.4 is 16.1 Å². The zero-order chi connectivity index (χ0) is 21.4. The van der Waals surface area contributed by atoms with Crippen molar-refractivity contribution in [2.45, 2.75) is 57.6 Å². The molecule has 0 saturated heterocycles. The molecule has 0 atom stereocenters. The van der Waals surface area contributed by atoms with E-state index in [-0.39, 0.29) is 5.25 Å². The Balaban J connectivity index is 1.41. The van der Waals surface area contributed by atoms with Crippen molar-refractivity contribution in [1.82, 2.24) is 11.1 Å². The number of anilines is 1. The molecule has 0 unspecified atom stereocenters. The number of benzene rings is 2. The van der Waals surface area contributed by atoms with Crippen molar-refractivity contribution >= 4 is 21.4 Å². The van der Waals surface area contributed by atoms with Gasteiger partial charge in [-0.25, -0.2) is 19.0 Å². The lowest BCUT2D eigenvalue weighted by atomic mass is 10.0. The molecule has 1 aliphatic rings. The molecule has 2 N–H and O–H groups in total. The lowest BCUT2D eigenvalue weighted by Crippen LogP contribution is -2.41. The standard InChI is InChI=1S/C23H32N4O2S/c1-19(2)30(28,29)18-10-5-3-4-7-11-20-14-16-21(17-15-20)23-24-25-26-27(23)22-12-8-6-9-13-22/h6,8-9,12-17,19,25-26H,3-5,7,10-11,18H2,1-2H3. The number of rotatable bonds is 11. The zero-order valence-corrected chi connectivity index (χ0v) is 18.7. The van der Waals surface area contributed by atoms with Crippen molar-refractivity contribution in [3.8, 4) is 0 Å². The van der Waals surface area contributed by atoms with Crippen LogP contribution in [0.1, 0.15) is 57.1 Å². The summed E-state index contributed by atoms with van der Waals surface area (Å²) in [6, 6.07) is 18.6. The van der Waals surface area contributed by atoms with Gasteiger partial charge in [-0.1, -0.05) is 61.7 Å². The summed E-state index contributed by atoms with van der Waals surface area (Å²) < 4.78 is 23.6. The van der Waals surface area contributed by atoms with E-state index < -0.39 is 9.84 Å². The van der Waals surface area contributed by atoms with Crippen LogP contribution in [0.15, 0.2) is 59.7 Å². The minimum atomic E-state index is -2.89. The van der Waals surface area contributed by atoms with Gasteiger partial charge in [-0.15, -0.1) is 10.6 Å². The third-order valence-corrected chi connectivity index (χ3v) is 7.67. The Labute approximate surface area is 180 Å². The predicted octanol–water partition coefficient (Wildman–Crippen LogP) is 4.19. The van der Waals surface area contributed by atoms with Crippen molar-refractivity contribution in [2.75, 3.05) is 10.8 Å². The summed E-state index contributed by atoms with van der Waals surface area (Å²) >= 11 is 0. The van der Waals surface area contributed by atoms with Crippen molar-refractivity contribution in [3.05, 3.63) is 65.7 Å². The molecule has 2 aromatic carbocycles. The molecule has 2 aromatic rings. The topological polar surface area (TPSA) is 73.8 Å². The number of sulfone groups is 1. The summed E-state index contributed by atoms with van der Waals surface area (Å²) in [6.45, 7) is 3.51. The average molecular weight is 429 g/mol. The molecule has 1 aliphatic heterocycles. The van der Waals surface area contributed by atoms with Gasteiger partial charge in [-0.2, -0.15) is 0 Å². The highest BCUT2D eigenvalue weighted by molar-refractivity contribution is 7.91. The molecular weight excluding hydrogens is 396 g/mol. The molecule has 0 aromatic heterocycles. The number of hydrogen-bond acceptors (Lipinski definition) is 6. The fourth-order valence-corrected chi connectivity index (χ4v) is 4.49. The van der Waals surface area contributed by atoms with Gasteiger partial charge in [-0.3, -0.25) is 0 Å². The van der Waals surface area contributed by atoms with Crippen LogP contribution in [-0.4, -0.2) is 25.3 Å². The summed E-state index contributed by atoms with van der Waals surface area (Å²) in [5, 5.41) is 6.03. The summed E-state index contributed by atoms with van der Waals surface area (Å²) in [6.07, 6.45) is 6.14. The molecular formula is C23H32N4O2S. The fraction of sp³-hybridized carbons (Fsp3) is 0.435. The first-order valence-corrected chi connectivity index (χ1v) is 12.4. The monoisotopic (exact) mass is 428 g/mol. The van der Waals surface area contributed by atoms with Crippen LogP contribution in [-0.2, 0) is 16.3 Å². The second-order valence-electron chi connectivity index (χ2n) is 7.96. The van der Waals surface area contributed by atoms with E-state index in [2.05, 4.69) is 40.4 Å². The Kier molecular flexibility index (Phi) is 7.87. The third-order valence-electron chi connectivity index (χ3n) is 5.37. The van der Waals surface area contributed by atoms with Gasteiger partial charge < -0.3 is 0 Å². The first-order valence-electron chi connectivity index (χ1n) is 10.7. The Morgan fingerprint density at radius 1 is 0.900 bits per heavy atom. The molecule has 1 heterocycles. The van der Waals surface area contributed by atoms with Crippen LogP contribution in [0.25, 0.3) is 0 Å². The van der Waals surface area contributed by atoms with Crippen LogP contribution in [0.3, 0.4) is 0 Å². The van der Waals surface area contributed by atoms with Crippen molar-refractivity contribution in [3.63, 3.8) is 0 Å². The van der Waals surface area contributed by atoms with Crippen molar-refractivity contribution in [1.29, 1.82) is 0 Å². The Hall–Kier alpha value is -2.38. The van der Waals surface area contributed by atoms with E-state index in [0.717, 1.165) is 55.6 Å². The van der Waals surface area contributed by atoms with E-state index in [0.29, 0.717) is 5.75 Å². The normalized spacial score (nSPS) is 14.1. The molecule has 0 fully saturated rings. The first kappa shape index (κ1) is 22.3. The SMILES string of the molecule is CC(C)S(=O)(=O)CCCCCCCc1ccc(C2=NNNN2c2ccccc2)cc1. The fourth-order valence-electron chi connectivity index (χ4n) is 3.41. The summed E-state index contributed by atoms with van der Waals surface area (Å²) in [4.78, 5) is 0. The minimum Gasteiger partial charge on any atom is -0.238 e. The number of amidine groups is 1. The molecule has 0 spiro atoms. The molecule has 0 aliphatic carbocycles. The highest BCUT2D eigenvalue weighted by Crippen LogP contribution is 2.18. The molecule has 6 nitrogen and oxygen atoms in total. The molecule has 0 radical (unpaired) electrons. The van der Waals surface area contributed by atoms with E-state index in [1.807, 2.05) is 35.3 Å². The van der Waals surface area contributed by atoms with Gasteiger partial charge in [0.1, 0.15) is 0 Å². The number of hydrogen-bond donors (Lipinski definition) is 2. The number of unbranched alkanes of at least 4 members (excludes halogenated alkanes) is 4. The first-order chi connectivity index (χ1) is 14.5. The van der Waals surface area contributed by atoms with Crippen LogP contribution >= 0.6 is 0 Å². The van der Waals surface area contributed by atoms with E-state index >= 15 is 0 Å². The molecule has 7 heteroatoms. The highest BCUT2D eigenvalue weighted by Gasteiger charge is 2.20. The lowest BCUT2D eigenvalue weighted by molar-refractivity contribution is 0.577. The number of hydrazone groups is 1. The van der Waals surface area contributed by atoms with Gasteiger partial charge in [0.25, 0.3) is 0 Å². The number of para-hydroxylation sites is 1. The van der Waals surface area contributed by atoms with Crippen LogP contribution in [0, 0.1) is 0 Å². The highest BCUT2D eigenvalue weighted by atomic mass is 32.2. The second-order valence-corrected chi connectivity index (χ2v) is 10.6. The molecule has 0 bridgehead atoms. The summed E-state index contributed by atoms with van der Waals surface area (Å²) in [7, 11) is -2.89. The number of aryl methyl sites for hydroxylation is 1. The summed E-state index contributed by atoms with van der Waals surface area (Å²) in [5.74, 6) is 1.16. The quantitative estimate of drug-likeness (QED) is 0.525.